The van der Waals surface area contributed by atoms with Gasteiger partial charge in [0.15, 0.2) is 0 Å². The van der Waals surface area contributed by atoms with Gasteiger partial charge >= 0.3 is 0 Å². The second kappa shape index (κ2) is 5.93. The van der Waals surface area contributed by atoms with Crippen molar-refractivity contribution in [2.45, 2.75) is 19.9 Å². The van der Waals surface area contributed by atoms with E-state index in [0.29, 0.717) is 5.56 Å². The number of nitrogens with one attached hydrogen (secondary N) is 1. The van der Waals surface area contributed by atoms with Crippen molar-refractivity contribution in [3.05, 3.63) is 59.7 Å². The summed E-state index contributed by atoms with van der Waals surface area (Å²) in [4.78, 5) is 0. The van der Waals surface area contributed by atoms with Crippen LogP contribution in [0, 0.1) is 11.6 Å². The normalized spacial score (nSPS) is 12.4. The highest BCUT2D eigenvalue weighted by molar-refractivity contribution is 5.68. The van der Waals surface area contributed by atoms with E-state index in [9.17, 15) is 8.78 Å². The molecule has 0 saturated heterocycles. The zero-order valence-corrected chi connectivity index (χ0v) is 11.1. The van der Waals surface area contributed by atoms with Crippen LogP contribution in [0.1, 0.15) is 25.5 Å². The van der Waals surface area contributed by atoms with Crippen LogP contribution in [0.5, 0.6) is 0 Å². The van der Waals surface area contributed by atoms with Gasteiger partial charge in [-0.2, -0.15) is 0 Å². The van der Waals surface area contributed by atoms with E-state index in [1.54, 1.807) is 0 Å². The molecule has 0 heterocycles. The van der Waals surface area contributed by atoms with Crippen molar-refractivity contribution in [2.24, 2.45) is 0 Å². The Balaban J connectivity index is 2.53. The molecule has 0 aliphatic heterocycles. The lowest BCUT2D eigenvalue weighted by atomic mass is 9.95. The van der Waals surface area contributed by atoms with E-state index in [0.717, 1.165) is 23.7 Å². The van der Waals surface area contributed by atoms with Gasteiger partial charge in [0.1, 0.15) is 11.6 Å². The summed E-state index contributed by atoms with van der Waals surface area (Å²) in [6.45, 7) is 4.85. The van der Waals surface area contributed by atoms with Crippen LogP contribution in [-0.4, -0.2) is 6.54 Å². The molecule has 0 amide bonds. The number of rotatable bonds is 4. The van der Waals surface area contributed by atoms with Crippen molar-refractivity contribution in [3.63, 3.8) is 0 Å². The van der Waals surface area contributed by atoms with Crippen molar-refractivity contribution in [2.75, 3.05) is 6.54 Å². The lowest BCUT2D eigenvalue weighted by Crippen LogP contribution is -2.18. The molecule has 2 rings (SSSR count). The fraction of sp³-hybridized carbons (Fsp3) is 0.250. The molecule has 0 saturated carbocycles. The van der Waals surface area contributed by atoms with Crippen LogP contribution in [-0.2, 0) is 0 Å². The van der Waals surface area contributed by atoms with Crippen molar-refractivity contribution in [3.8, 4) is 11.1 Å². The van der Waals surface area contributed by atoms with Gasteiger partial charge in [0.25, 0.3) is 0 Å². The minimum Gasteiger partial charge on any atom is -0.310 e. The van der Waals surface area contributed by atoms with Crippen LogP contribution in [0.4, 0.5) is 8.78 Å². The molecule has 1 unspecified atom stereocenters. The highest BCUT2D eigenvalue weighted by Crippen LogP contribution is 2.30. The minimum atomic E-state index is -0.428. The van der Waals surface area contributed by atoms with E-state index < -0.39 is 11.6 Å². The Morgan fingerprint density at radius 3 is 2.53 bits per heavy atom. The van der Waals surface area contributed by atoms with Gasteiger partial charge < -0.3 is 5.32 Å². The summed E-state index contributed by atoms with van der Waals surface area (Å²) >= 11 is 0. The molecule has 0 fully saturated rings. The first-order chi connectivity index (χ1) is 9.13. The molecule has 0 spiro atoms. The zero-order valence-electron chi connectivity index (χ0n) is 11.1. The third-order valence-corrected chi connectivity index (χ3v) is 3.16. The molecule has 0 aliphatic rings. The summed E-state index contributed by atoms with van der Waals surface area (Å²) in [5.41, 5.74) is 2.00. The van der Waals surface area contributed by atoms with E-state index in [4.69, 9.17) is 0 Å². The number of hydrogen-bond acceptors (Lipinski definition) is 1. The summed E-state index contributed by atoms with van der Waals surface area (Å²) < 4.78 is 27.2. The number of benzene rings is 2. The highest BCUT2D eigenvalue weighted by Gasteiger charge is 2.14. The molecule has 19 heavy (non-hydrogen) atoms. The van der Waals surface area contributed by atoms with Gasteiger partial charge in [-0.1, -0.05) is 31.2 Å². The predicted octanol–water partition coefficient (Wildman–Crippen LogP) is 4.30. The molecule has 0 radical (unpaired) electrons. The first-order valence-electron chi connectivity index (χ1n) is 6.41. The molecule has 0 aliphatic carbocycles. The summed E-state index contributed by atoms with van der Waals surface area (Å²) in [7, 11) is 0. The van der Waals surface area contributed by atoms with E-state index >= 15 is 0 Å². The highest BCUT2D eigenvalue weighted by atomic mass is 19.1. The van der Waals surface area contributed by atoms with Gasteiger partial charge in [-0.25, -0.2) is 8.78 Å². The molecule has 100 valence electrons. The van der Waals surface area contributed by atoms with Crippen molar-refractivity contribution >= 4 is 0 Å². The van der Waals surface area contributed by atoms with Gasteiger partial charge in [-0.3, -0.25) is 0 Å². The van der Waals surface area contributed by atoms with Crippen LogP contribution >= 0.6 is 0 Å². The molecular formula is C16H17F2N. The zero-order chi connectivity index (χ0) is 13.8. The summed E-state index contributed by atoms with van der Waals surface area (Å²) in [5, 5.41) is 3.29. The van der Waals surface area contributed by atoms with E-state index in [1.807, 2.05) is 38.1 Å². The molecular weight excluding hydrogens is 244 g/mol. The van der Waals surface area contributed by atoms with Gasteiger partial charge in [-0.05, 0) is 42.8 Å². The minimum absolute atomic E-state index is 0.0869. The lowest BCUT2D eigenvalue weighted by molar-refractivity contribution is 0.593. The fourth-order valence-corrected chi connectivity index (χ4v) is 2.24. The third-order valence-electron chi connectivity index (χ3n) is 3.16. The predicted molar refractivity (Wildman–Crippen MR) is 73.9 cm³/mol. The average molecular weight is 261 g/mol. The number of halogens is 2. The van der Waals surface area contributed by atoms with Crippen LogP contribution in [0.2, 0.25) is 0 Å². The van der Waals surface area contributed by atoms with Crippen LogP contribution in [0.3, 0.4) is 0 Å². The maximum atomic E-state index is 13.9. The second-order valence-corrected chi connectivity index (χ2v) is 4.49. The van der Waals surface area contributed by atoms with Crippen molar-refractivity contribution in [1.29, 1.82) is 0 Å². The van der Waals surface area contributed by atoms with Gasteiger partial charge in [0.2, 0.25) is 0 Å². The quantitative estimate of drug-likeness (QED) is 0.865. The van der Waals surface area contributed by atoms with Crippen LogP contribution in [0.25, 0.3) is 11.1 Å². The second-order valence-electron chi connectivity index (χ2n) is 4.49. The maximum Gasteiger partial charge on any atom is 0.131 e. The first kappa shape index (κ1) is 13.7. The molecule has 3 heteroatoms. The van der Waals surface area contributed by atoms with Gasteiger partial charge in [0.05, 0.1) is 0 Å². The van der Waals surface area contributed by atoms with E-state index in [-0.39, 0.29) is 6.04 Å². The molecule has 1 N–H and O–H groups in total. The molecule has 2 aromatic rings. The fourth-order valence-electron chi connectivity index (χ4n) is 2.24. The smallest absolute Gasteiger partial charge is 0.131 e. The monoisotopic (exact) mass is 261 g/mol. The van der Waals surface area contributed by atoms with Crippen LogP contribution < -0.4 is 5.32 Å². The summed E-state index contributed by atoms with van der Waals surface area (Å²) in [5.74, 6) is -0.833. The Bertz CT molecular complexity index is 566. The molecule has 1 nitrogen and oxygen atoms in total. The Kier molecular flexibility index (Phi) is 4.27. The Hall–Kier alpha value is -1.74. The van der Waals surface area contributed by atoms with Gasteiger partial charge in [0, 0.05) is 11.6 Å². The van der Waals surface area contributed by atoms with E-state index in [2.05, 4.69) is 5.32 Å². The third kappa shape index (κ3) is 2.99. The topological polar surface area (TPSA) is 12.0 Å². The van der Waals surface area contributed by atoms with Crippen molar-refractivity contribution in [1.82, 2.24) is 5.32 Å². The SMILES string of the molecule is CCNC(C)c1ccccc1-c1cc(F)ccc1F. The Labute approximate surface area is 112 Å². The van der Waals surface area contributed by atoms with Gasteiger partial charge in [-0.15, -0.1) is 0 Å². The Morgan fingerprint density at radius 1 is 1.05 bits per heavy atom. The molecule has 1 atom stereocenters. The average Bonchev–Trinajstić information content (AvgIpc) is 2.42. The molecule has 2 aromatic carbocycles. The molecule has 0 bridgehead atoms. The first-order valence-corrected chi connectivity index (χ1v) is 6.41. The standard InChI is InChI=1S/C16H17F2N/c1-3-19-11(2)13-6-4-5-7-14(13)15-10-12(17)8-9-16(15)18/h4-11,19H,3H2,1-2H3. The summed E-state index contributed by atoms with van der Waals surface area (Å²) in [6, 6.07) is 11.1. The largest absolute Gasteiger partial charge is 0.310 e. The lowest BCUT2D eigenvalue weighted by Gasteiger charge is -2.17. The Morgan fingerprint density at radius 2 is 1.79 bits per heavy atom. The van der Waals surface area contributed by atoms with E-state index in [1.165, 1.54) is 12.1 Å². The maximum absolute atomic E-state index is 13.9. The number of hydrogen-bond donors (Lipinski definition) is 1. The molecule has 0 aromatic heterocycles. The van der Waals surface area contributed by atoms with Crippen LogP contribution in [0.15, 0.2) is 42.5 Å². The summed E-state index contributed by atoms with van der Waals surface area (Å²) in [6.07, 6.45) is 0. The van der Waals surface area contributed by atoms with Crippen molar-refractivity contribution < 1.29 is 8.78 Å².